The number of nitrogens with one attached hydrogen (secondary N) is 1. The van der Waals surface area contributed by atoms with E-state index in [2.05, 4.69) is 15.4 Å². The predicted octanol–water partition coefficient (Wildman–Crippen LogP) is 1.85. The van der Waals surface area contributed by atoms with Gasteiger partial charge in [0.15, 0.2) is 11.5 Å². The van der Waals surface area contributed by atoms with Gasteiger partial charge in [0.25, 0.3) is 11.5 Å². The highest BCUT2D eigenvalue weighted by atomic mass is 16.7. The van der Waals surface area contributed by atoms with Crippen LogP contribution >= 0.6 is 0 Å². The Kier molecular flexibility index (Phi) is 5.01. The maximum atomic E-state index is 12.3. The summed E-state index contributed by atoms with van der Waals surface area (Å²) in [4.78, 5) is 28.3. The van der Waals surface area contributed by atoms with Gasteiger partial charge in [-0.3, -0.25) is 14.6 Å². The summed E-state index contributed by atoms with van der Waals surface area (Å²) in [6, 6.07) is 11.9. The summed E-state index contributed by atoms with van der Waals surface area (Å²) < 4.78 is 11.9. The molecular formula is C20H18N4O4. The Morgan fingerprint density at radius 2 is 1.89 bits per heavy atom. The van der Waals surface area contributed by atoms with Crippen LogP contribution in [0.25, 0.3) is 11.3 Å². The SMILES string of the molecule is O=C(NCCCn1nc(-c2ccncc2)ccc1=O)c1ccc2c(c1)OCO2. The first-order valence-corrected chi connectivity index (χ1v) is 8.87. The van der Waals surface area contributed by atoms with E-state index in [4.69, 9.17) is 9.47 Å². The molecule has 0 radical (unpaired) electrons. The molecule has 0 atom stereocenters. The van der Waals surface area contributed by atoms with Crippen molar-refractivity contribution in [3.8, 4) is 22.8 Å². The third kappa shape index (κ3) is 3.85. The Hall–Kier alpha value is -3.68. The number of carbonyl (C=O) groups is 1. The molecule has 1 aliphatic heterocycles. The van der Waals surface area contributed by atoms with Gasteiger partial charge in [-0.25, -0.2) is 4.68 Å². The lowest BCUT2D eigenvalue weighted by atomic mass is 10.2. The average Bonchev–Trinajstić information content (AvgIpc) is 3.20. The topological polar surface area (TPSA) is 95.3 Å². The fourth-order valence-electron chi connectivity index (χ4n) is 2.86. The molecule has 2 aromatic heterocycles. The fourth-order valence-corrected chi connectivity index (χ4v) is 2.86. The molecule has 4 rings (SSSR count). The second-order valence-corrected chi connectivity index (χ2v) is 6.19. The molecule has 3 aromatic rings. The molecule has 0 saturated carbocycles. The quantitative estimate of drug-likeness (QED) is 0.658. The normalized spacial score (nSPS) is 12.0. The Morgan fingerprint density at radius 3 is 2.75 bits per heavy atom. The summed E-state index contributed by atoms with van der Waals surface area (Å²) in [6.45, 7) is 0.987. The standard InChI is InChI=1S/C20H18N4O4/c25-19-5-3-16(14-6-9-21-10-7-14)23-24(19)11-1-8-22-20(26)15-2-4-17-18(12-15)28-13-27-17/h2-7,9-10,12H,1,8,11,13H2,(H,22,26). The number of amides is 1. The molecule has 0 fully saturated rings. The number of aryl methyl sites for hydroxylation is 1. The molecule has 1 amide bonds. The monoisotopic (exact) mass is 378 g/mol. The molecule has 8 heteroatoms. The molecule has 1 aromatic carbocycles. The summed E-state index contributed by atoms with van der Waals surface area (Å²) in [5.41, 5.74) is 1.91. The van der Waals surface area contributed by atoms with Crippen LogP contribution in [0, 0.1) is 0 Å². The number of rotatable bonds is 6. The van der Waals surface area contributed by atoms with E-state index in [-0.39, 0.29) is 18.3 Å². The van der Waals surface area contributed by atoms with Crippen molar-refractivity contribution >= 4 is 5.91 Å². The lowest BCUT2D eigenvalue weighted by Crippen LogP contribution is -2.28. The van der Waals surface area contributed by atoms with Crippen LogP contribution < -0.4 is 20.3 Å². The molecule has 142 valence electrons. The number of pyridine rings is 1. The molecule has 3 heterocycles. The van der Waals surface area contributed by atoms with Crippen molar-refractivity contribution in [3.63, 3.8) is 0 Å². The molecule has 28 heavy (non-hydrogen) atoms. The van der Waals surface area contributed by atoms with Crippen LogP contribution in [0.5, 0.6) is 11.5 Å². The second kappa shape index (κ2) is 7.91. The molecule has 0 unspecified atom stereocenters. The summed E-state index contributed by atoms with van der Waals surface area (Å²) in [6.07, 6.45) is 3.93. The summed E-state index contributed by atoms with van der Waals surface area (Å²) >= 11 is 0. The van der Waals surface area contributed by atoms with E-state index in [1.54, 1.807) is 36.7 Å². The van der Waals surface area contributed by atoms with Gasteiger partial charge in [0, 0.05) is 42.7 Å². The predicted molar refractivity (Wildman–Crippen MR) is 101 cm³/mol. The van der Waals surface area contributed by atoms with Crippen molar-refractivity contribution in [1.29, 1.82) is 0 Å². The van der Waals surface area contributed by atoms with E-state index in [1.165, 1.54) is 10.7 Å². The van der Waals surface area contributed by atoms with Gasteiger partial charge in [0.2, 0.25) is 6.79 Å². The van der Waals surface area contributed by atoms with Gasteiger partial charge in [0.05, 0.1) is 5.69 Å². The smallest absolute Gasteiger partial charge is 0.266 e. The molecule has 0 bridgehead atoms. The molecular weight excluding hydrogens is 360 g/mol. The summed E-state index contributed by atoms with van der Waals surface area (Å²) in [7, 11) is 0. The lowest BCUT2D eigenvalue weighted by Gasteiger charge is -2.08. The van der Waals surface area contributed by atoms with Crippen LogP contribution in [-0.4, -0.2) is 34.0 Å². The third-order valence-corrected chi connectivity index (χ3v) is 4.31. The minimum Gasteiger partial charge on any atom is -0.454 e. The zero-order valence-corrected chi connectivity index (χ0v) is 15.0. The van der Waals surface area contributed by atoms with E-state index in [0.29, 0.717) is 42.3 Å². The minimum absolute atomic E-state index is 0.167. The van der Waals surface area contributed by atoms with Crippen molar-refractivity contribution in [1.82, 2.24) is 20.1 Å². The zero-order valence-electron chi connectivity index (χ0n) is 15.0. The maximum Gasteiger partial charge on any atom is 0.266 e. The van der Waals surface area contributed by atoms with Gasteiger partial charge in [0.1, 0.15) is 0 Å². The van der Waals surface area contributed by atoms with Crippen molar-refractivity contribution in [2.24, 2.45) is 0 Å². The molecule has 1 aliphatic rings. The Labute approximate surface area is 160 Å². The number of benzene rings is 1. The number of ether oxygens (including phenoxy) is 2. The van der Waals surface area contributed by atoms with E-state index in [1.807, 2.05) is 12.1 Å². The van der Waals surface area contributed by atoms with Crippen molar-refractivity contribution in [3.05, 3.63) is 70.8 Å². The largest absolute Gasteiger partial charge is 0.454 e. The van der Waals surface area contributed by atoms with Gasteiger partial charge in [-0.15, -0.1) is 0 Å². The lowest BCUT2D eigenvalue weighted by molar-refractivity contribution is 0.0952. The first kappa shape index (κ1) is 17.7. The second-order valence-electron chi connectivity index (χ2n) is 6.19. The first-order chi connectivity index (χ1) is 13.7. The van der Waals surface area contributed by atoms with Gasteiger partial charge in [-0.1, -0.05) is 0 Å². The van der Waals surface area contributed by atoms with Gasteiger partial charge in [-0.2, -0.15) is 5.10 Å². The van der Waals surface area contributed by atoms with Crippen LogP contribution in [0.2, 0.25) is 0 Å². The van der Waals surface area contributed by atoms with Crippen LogP contribution in [-0.2, 0) is 6.54 Å². The average molecular weight is 378 g/mol. The van der Waals surface area contributed by atoms with E-state index in [9.17, 15) is 9.59 Å². The van der Waals surface area contributed by atoms with Crippen molar-refractivity contribution < 1.29 is 14.3 Å². The fraction of sp³-hybridized carbons (Fsp3) is 0.200. The maximum absolute atomic E-state index is 12.3. The number of fused-ring (bicyclic) bond motifs is 1. The number of hydrogen-bond acceptors (Lipinski definition) is 6. The van der Waals surface area contributed by atoms with Gasteiger partial charge in [-0.05, 0) is 42.8 Å². The molecule has 1 N–H and O–H groups in total. The molecule has 0 saturated heterocycles. The summed E-state index contributed by atoms with van der Waals surface area (Å²) in [5, 5.41) is 7.23. The Balaban J connectivity index is 1.34. The highest BCUT2D eigenvalue weighted by Crippen LogP contribution is 2.32. The van der Waals surface area contributed by atoms with Crippen molar-refractivity contribution in [2.75, 3.05) is 13.3 Å². The Morgan fingerprint density at radius 1 is 1.07 bits per heavy atom. The number of aromatic nitrogens is 3. The van der Waals surface area contributed by atoms with Gasteiger partial charge < -0.3 is 14.8 Å². The first-order valence-electron chi connectivity index (χ1n) is 8.87. The number of nitrogens with zero attached hydrogens (tertiary/aromatic N) is 3. The Bertz CT molecular complexity index is 1050. The van der Waals surface area contributed by atoms with Crippen LogP contribution in [0.1, 0.15) is 16.8 Å². The zero-order chi connectivity index (χ0) is 19.3. The van der Waals surface area contributed by atoms with Crippen molar-refractivity contribution in [2.45, 2.75) is 13.0 Å². The highest BCUT2D eigenvalue weighted by Gasteiger charge is 2.16. The van der Waals surface area contributed by atoms with E-state index >= 15 is 0 Å². The van der Waals surface area contributed by atoms with E-state index < -0.39 is 0 Å². The van der Waals surface area contributed by atoms with Crippen LogP contribution in [0.4, 0.5) is 0 Å². The van der Waals surface area contributed by atoms with Crippen LogP contribution in [0.15, 0.2) is 59.7 Å². The third-order valence-electron chi connectivity index (χ3n) is 4.31. The minimum atomic E-state index is -0.204. The summed E-state index contributed by atoms with van der Waals surface area (Å²) in [5.74, 6) is 0.997. The number of carbonyl (C=O) groups excluding carboxylic acids is 1. The number of hydrogen-bond donors (Lipinski definition) is 1. The molecule has 0 spiro atoms. The molecule has 8 nitrogen and oxygen atoms in total. The van der Waals surface area contributed by atoms with E-state index in [0.717, 1.165) is 5.56 Å². The molecule has 0 aliphatic carbocycles. The van der Waals surface area contributed by atoms with Gasteiger partial charge >= 0.3 is 0 Å². The highest BCUT2D eigenvalue weighted by molar-refractivity contribution is 5.94. The van der Waals surface area contributed by atoms with Crippen LogP contribution in [0.3, 0.4) is 0 Å².